The average molecular weight is 233 g/mol. The second-order valence-electron chi connectivity index (χ2n) is 4.73. The number of rotatable bonds is 7. The first kappa shape index (κ1) is 13.8. The Hall–Kier alpha value is -1.31. The van der Waals surface area contributed by atoms with Crippen LogP contribution in [0.2, 0.25) is 0 Å². The first-order valence-electron chi connectivity index (χ1n) is 6.41. The van der Waals surface area contributed by atoms with Crippen molar-refractivity contribution < 1.29 is 4.79 Å². The molecule has 0 aliphatic heterocycles. The molecule has 0 fully saturated rings. The maximum absolute atomic E-state index is 11.7. The van der Waals surface area contributed by atoms with E-state index in [4.69, 9.17) is 0 Å². The van der Waals surface area contributed by atoms with E-state index in [-0.39, 0.29) is 0 Å². The van der Waals surface area contributed by atoms with Crippen molar-refractivity contribution in [3.8, 4) is 0 Å². The molecular formula is C15H23NO. The number of carbonyl (C=O) groups is 1. The van der Waals surface area contributed by atoms with E-state index in [2.05, 4.69) is 24.0 Å². The fourth-order valence-corrected chi connectivity index (χ4v) is 1.80. The van der Waals surface area contributed by atoms with E-state index in [0.717, 1.165) is 24.8 Å². The summed E-state index contributed by atoms with van der Waals surface area (Å²) >= 11 is 0. The minimum atomic E-state index is 0.357. The molecule has 0 saturated heterocycles. The van der Waals surface area contributed by atoms with Gasteiger partial charge in [0.05, 0.1) is 0 Å². The molecule has 2 heteroatoms. The number of anilines is 1. The Morgan fingerprint density at radius 3 is 2.29 bits per heavy atom. The number of Topliss-reactive ketones (excluding diaryl/α,β-unsaturated/α-hetero) is 1. The summed E-state index contributed by atoms with van der Waals surface area (Å²) in [6.07, 6.45) is 4.67. The topological polar surface area (TPSA) is 20.3 Å². The van der Waals surface area contributed by atoms with Crippen LogP contribution >= 0.6 is 0 Å². The Bertz CT molecular complexity index is 340. The lowest BCUT2D eigenvalue weighted by Gasteiger charge is -2.12. The zero-order chi connectivity index (χ0) is 12.7. The third kappa shape index (κ3) is 5.03. The maximum Gasteiger partial charge on any atom is 0.137 e. The normalized spacial score (nSPS) is 10.3. The van der Waals surface area contributed by atoms with E-state index in [9.17, 15) is 4.79 Å². The SMILES string of the molecule is CCCCCC(=O)Cc1ccc(N(C)C)cc1. The van der Waals surface area contributed by atoms with Gasteiger partial charge in [0.1, 0.15) is 5.78 Å². The van der Waals surface area contributed by atoms with Crippen LogP contribution in [-0.2, 0) is 11.2 Å². The van der Waals surface area contributed by atoms with Crippen LogP contribution < -0.4 is 4.90 Å². The van der Waals surface area contributed by atoms with Gasteiger partial charge in [-0.1, -0.05) is 31.9 Å². The van der Waals surface area contributed by atoms with Gasteiger partial charge in [0.15, 0.2) is 0 Å². The van der Waals surface area contributed by atoms with Gasteiger partial charge < -0.3 is 4.90 Å². The van der Waals surface area contributed by atoms with Crippen LogP contribution in [0.3, 0.4) is 0 Å². The van der Waals surface area contributed by atoms with Crippen LogP contribution in [0, 0.1) is 0 Å². The molecule has 0 amide bonds. The third-order valence-electron chi connectivity index (χ3n) is 2.91. The summed E-state index contributed by atoms with van der Waals surface area (Å²) in [6, 6.07) is 8.23. The number of benzene rings is 1. The van der Waals surface area contributed by atoms with E-state index in [1.165, 1.54) is 12.1 Å². The second-order valence-corrected chi connectivity index (χ2v) is 4.73. The standard InChI is InChI=1S/C15H23NO/c1-4-5-6-7-15(17)12-13-8-10-14(11-9-13)16(2)3/h8-11H,4-7,12H2,1-3H3. The highest BCUT2D eigenvalue weighted by atomic mass is 16.1. The van der Waals surface area contributed by atoms with Crippen molar-refractivity contribution in [2.45, 2.75) is 39.0 Å². The molecule has 1 rings (SSSR count). The molecule has 0 aliphatic carbocycles. The number of unbranched alkanes of at least 4 members (excludes halogenated alkanes) is 2. The highest BCUT2D eigenvalue weighted by Gasteiger charge is 2.03. The molecule has 1 aromatic carbocycles. The van der Waals surface area contributed by atoms with Gasteiger partial charge in [0.2, 0.25) is 0 Å². The fraction of sp³-hybridized carbons (Fsp3) is 0.533. The molecule has 0 saturated carbocycles. The summed E-state index contributed by atoms with van der Waals surface area (Å²) < 4.78 is 0. The van der Waals surface area contributed by atoms with Gasteiger partial charge in [-0.2, -0.15) is 0 Å². The zero-order valence-electron chi connectivity index (χ0n) is 11.2. The molecule has 0 N–H and O–H groups in total. The molecule has 2 nitrogen and oxygen atoms in total. The first-order chi connectivity index (χ1) is 8.13. The predicted octanol–water partition coefficient (Wildman–Crippen LogP) is 3.44. The summed E-state index contributed by atoms with van der Waals surface area (Å²) in [5, 5.41) is 0. The van der Waals surface area contributed by atoms with E-state index < -0.39 is 0 Å². The first-order valence-corrected chi connectivity index (χ1v) is 6.41. The van der Waals surface area contributed by atoms with Crippen LogP contribution in [0.4, 0.5) is 5.69 Å². The average Bonchev–Trinajstić information content (AvgIpc) is 2.30. The summed E-state index contributed by atoms with van der Waals surface area (Å²) in [4.78, 5) is 13.8. The van der Waals surface area contributed by atoms with Gasteiger partial charge in [-0.05, 0) is 24.1 Å². The summed E-state index contributed by atoms with van der Waals surface area (Å²) in [5.41, 5.74) is 2.30. The summed E-state index contributed by atoms with van der Waals surface area (Å²) in [6.45, 7) is 2.16. The van der Waals surface area contributed by atoms with E-state index in [0.29, 0.717) is 12.2 Å². The van der Waals surface area contributed by atoms with Crippen LogP contribution in [0.5, 0.6) is 0 Å². The number of hydrogen-bond acceptors (Lipinski definition) is 2. The molecule has 0 aliphatic rings. The summed E-state index contributed by atoms with van der Waals surface area (Å²) in [7, 11) is 4.04. The van der Waals surface area contributed by atoms with Gasteiger partial charge in [0.25, 0.3) is 0 Å². The van der Waals surface area contributed by atoms with Crippen molar-refractivity contribution in [1.82, 2.24) is 0 Å². The van der Waals surface area contributed by atoms with Crippen LogP contribution in [0.25, 0.3) is 0 Å². The Balaban J connectivity index is 2.43. The van der Waals surface area contributed by atoms with Crippen LogP contribution in [-0.4, -0.2) is 19.9 Å². The number of ketones is 1. The molecule has 0 heterocycles. The lowest BCUT2D eigenvalue weighted by molar-refractivity contribution is -0.118. The van der Waals surface area contributed by atoms with Crippen molar-refractivity contribution in [2.75, 3.05) is 19.0 Å². The van der Waals surface area contributed by atoms with Gasteiger partial charge in [-0.25, -0.2) is 0 Å². The molecule has 0 radical (unpaired) electrons. The lowest BCUT2D eigenvalue weighted by atomic mass is 10.0. The monoisotopic (exact) mass is 233 g/mol. The van der Waals surface area contributed by atoms with Gasteiger partial charge in [0, 0.05) is 32.6 Å². The van der Waals surface area contributed by atoms with Crippen molar-refractivity contribution in [1.29, 1.82) is 0 Å². The molecule has 94 valence electrons. The molecule has 1 aromatic rings. The smallest absolute Gasteiger partial charge is 0.137 e. The number of carbonyl (C=O) groups excluding carboxylic acids is 1. The van der Waals surface area contributed by atoms with E-state index >= 15 is 0 Å². The lowest BCUT2D eigenvalue weighted by Crippen LogP contribution is -2.08. The molecule has 0 aromatic heterocycles. The molecular weight excluding hydrogens is 210 g/mol. The number of nitrogens with zero attached hydrogens (tertiary/aromatic N) is 1. The third-order valence-corrected chi connectivity index (χ3v) is 2.91. The highest BCUT2D eigenvalue weighted by molar-refractivity contribution is 5.80. The molecule has 0 atom stereocenters. The minimum absolute atomic E-state index is 0.357. The molecule has 0 unspecified atom stereocenters. The van der Waals surface area contributed by atoms with Crippen molar-refractivity contribution in [2.24, 2.45) is 0 Å². The maximum atomic E-state index is 11.7. The van der Waals surface area contributed by atoms with Crippen LogP contribution in [0.1, 0.15) is 38.2 Å². The zero-order valence-corrected chi connectivity index (χ0v) is 11.2. The van der Waals surface area contributed by atoms with E-state index in [1.807, 2.05) is 26.2 Å². The van der Waals surface area contributed by atoms with Gasteiger partial charge in [-0.15, -0.1) is 0 Å². The van der Waals surface area contributed by atoms with Crippen LogP contribution in [0.15, 0.2) is 24.3 Å². The predicted molar refractivity (Wildman–Crippen MR) is 73.6 cm³/mol. The Morgan fingerprint density at radius 1 is 1.12 bits per heavy atom. The minimum Gasteiger partial charge on any atom is -0.378 e. The Labute approximate surface area is 105 Å². The Morgan fingerprint density at radius 2 is 1.76 bits per heavy atom. The van der Waals surface area contributed by atoms with Crippen molar-refractivity contribution in [3.05, 3.63) is 29.8 Å². The quantitative estimate of drug-likeness (QED) is 0.672. The molecule has 17 heavy (non-hydrogen) atoms. The second kappa shape index (κ2) is 7.10. The summed E-state index contributed by atoms with van der Waals surface area (Å²) in [5.74, 6) is 0.357. The van der Waals surface area contributed by atoms with Gasteiger partial charge in [-0.3, -0.25) is 4.79 Å². The van der Waals surface area contributed by atoms with Crippen molar-refractivity contribution in [3.63, 3.8) is 0 Å². The Kier molecular flexibility index (Phi) is 5.75. The largest absolute Gasteiger partial charge is 0.378 e. The fourth-order valence-electron chi connectivity index (χ4n) is 1.80. The van der Waals surface area contributed by atoms with Gasteiger partial charge >= 0.3 is 0 Å². The van der Waals surface area contributed by atoms with E-state index in [1.54, 1.807) is 0 Å². The highest BCUT2D eigenvalue weighted by Crippen LogP contribution is 2.13. The van der Waals surface area contributed by atoms with Crippen molar-refractivity contribution >= 4 is 11.5 Å². The molecule has 0 bridgehead atoms. The number of hydrogen-bond donors (Lipinski definition) is 0. The molecule has 0 spiro atoms.